The number of benzene rings is 1. The summed E-state index contributed by atoms with van der Waals surface area (Å²) in [7, 11) is 4.77. The van der Waals surface area contributed by atoms with Crippen LogP contribution >= 0.6 is 0 Å². The lowest BCUT2D eigenvalue weighted by Crippen LogP contribution is -2.55. The Labute approximate surface area is 231 Å². The molecule has 3 unspecified atom stereocenters. The van der Waals surface area contributed by atoms with E-state index >= 15 is 0 Å². The number of phenols is 1. The molecule has 214 valence electrons. The molecule has 11 heteroatoms. The summed E-state index contributed by atoms with van der Waals surface area (Å²) in [5, 5.41) is 33.0. The highest BCUT2D eigenvalue weighted by Crippen LogP contribution is 2.50. The van der Waals surface area contributed by atoms with Gasteiger partial charge in [-0.3, -0.25) is 29.0 Å². The number of likely N-dealkylation sites (N-methyl/N-ethyl adjacent to an activating group) is 1. The van der Waals surface area contributed by atoms with E-state index in [-0.39, 0.29) is 34.5 Å². The van der Waals surface area contributed by atoms with Crippen LogP contribution in [0.25, 0.3) is 5.76 Å². The van der Waals surface area contributed by atoms with Crippen LogP contribution in [-0.4, -0.2) is 88.9 Å². The maximum Gasteiger partial charge on any atom is 0.308 e. The van der Waals surface area contributed by atoms with Gasteiger partial charge in [0.1, 0.15) is 22.8 Å². The van der Waals surface area contributed by atoms with Crippen LogP contribution in [0.1, 0.15) is 36.0 Å². The number of likely N-dealkylation sites (tertiary alicyclic amines) is 1. The van der Waals surface area contributed by atoms with Crippen LogP contribution in [0.5, 0.6) is 5.75 Å². The monoisotopic (exact) mass is 553 g/mol. The molecule has 1 aromatic rings. The highest BCUT2D eigenvalue weighted by atomic mass is 16.5. The maximum atomic E-state index is 13.9. The number of Topliss-reactive ketones (excluding diaryl/α,β-unsaturated/α-hetero) is 2. The van der Waals surface area contributed by atoms with E-state index in [9.17, 15) is 34.5 Å². The summed E-state index contributed by atoms with van der Waals surface area (Å²) in [6.45, 7) is 1.92. The zero-order valence-electron chi connectivity index (χ0n) is 22.8. The first-order valence-electron chi connectivity index (χ1n) is 13.5. The number of primary amides is 1. The Morgan fingerprint density at radius 3 is 2.38 bits per heavy atom. The first kappa shape index (κ1) is 27.9. The van der Waals surface area contributed by atoms with Gasteiger partial charge in [0.2, 0.25) is 0 Å². The van der Waals surface area contributed by atoms with Crippen molar-refractivity contribution in [2.24, 2.45) is 29.4 Å². The van der Waals surface area contributed by atoms with Gasteiger partial charge < -0.3 is 25.8 Å². The fourth-order valence-corrected chi connectivity index (χ4v) is 7.21. The molecule has 0 radical (unpaired) electrons. The largest absolute Gasteiger partial charge is 0.510 e. The Bertz CT molecular complexity index is 1350. The van der Waals surface area contributed by atoms with Crippen LogP contribution in [0, 0.1) is 23.7 Å². The Hall–Kier alpha value is -3.70. The zero-order chi connectivity index (χ0) is 29.0. The number of ether oxygens (including phenoxy) is 1. The summed E-state index contributed by atoms with van der Waals surface area (Å²) in [5.41, 5.74) is 6.71. The number of ketones is 2. The summed E-state index contributed by atoms with van der Waals surface area (Å²) >= 11 is 0. The predicted molar refractivity (Wildman–Crippen MR) is 143 cm³/mol. The van der Waals surface area contributed by atoms with Gasteiger partial charge in [-0.1, -0.05) is 6.07 Å². The van der Waals surface area contributed by atoms with Gasteiger partial charge in [0.25, 0.3) is 5.91 Å². The van der Waals surface area contributed by atoms with Crippen molar-refractivity contribution in [3.8, 4) is 5.75 Å². The SMILES string of the molecule is COC(=O)C1CCN(Cc2ccc(O)c3c2CC2CC4C(C(=O)C(C(N)=O)=C(O)[C@H]4N(C)C)C(=O)C2=C3O)CC1. The van der Waals surface area contributed by atoms with Gasteiger partial charge in [-0.15, -0.1) is 0 Å². The standard InChI is InChI=1S/C29H35N3O8/c1-31(2)23-17-11-15-10-16-14(12-32-8-6-13(7-9-32)29(39)40-3)4-5-18(33)20(16)24(34)19(15)25(35)21(17)26(36)22(27(23)37)28(30)38/h4-5,13,15,17,21,23,33-34,37H,6-12H2,1-3H3,(H2,30,38)/t15?,17?,21?,23-/m0/s1. The quantitative estimate of drug-likeness (QED) is 0.236. The maximum absolute atomic E-state index is 13.9. The van der Waals surface area contributed by atoms with Crippen molar-refractivity contribution in [2.75, 3.05) is 34.3 Å². The number of fused-ring (bicyclic) bond motifs is 3. The van der Waals surface area contributed by atoms with Crippen molar-refractivity contribution in [2.45, 2.75) is 38.3 Å². The molecule has 0 aromatic heterocycles. The van der Waals surface area contributed by atoms with E-state index in [2.05, 4.69) is 4.90 Å². The number of aliphatic hydroxyl groups is 2. The van der Waals surface area contributed by atoms with Gasteiger partial charge in [0.15, 0.2) is 11.6 Å². The second-order valence-corrected chi connectivity index (χ2v) is 11.5. The lowest BCUT2D eigenvalue weighted by Gasteiger charge is -2.46. The number of carbonyl (C=O) groups excluding carboxylic acids is 4. The Balaban J connectivity index is 1.50. The molecule has 4 atom stereocenters. The minimum atomic E-state index is -1.28. The molecular formula is C29H35N3O8. The molecule has 0 bridgehead atoms. The molecule has 1 heterocycles. The summed E-state index contributed by atoms with van der Waals surface area (Å²) < 4.78 is 4.88. The van der Waals surface area contributed by atoms with E-state index in [0.29, 0.717) is 45.3 Å². The predicted octanol–water partition coefficient (Wildman–Crippen LogP) is 1.23. The number of esters is 1. The van der Waals surface area contributed by atoms with Gasteiger partial charge in [0, 0.05) is 12.1 Å². The molecule has 1 aromatic carbocycles. The molecule has 1 saturated carbocycles. The van der Waals surface area contributed by atoms with E-state index in [4.69, 9.17) is 10.5 Å². The minimum Gasteiger partial charge on any atom is -0.510 e. The fraction of sp³-hybridized carbons (Fsp3) is 0.517. The molecule has 1 amide bonds. The van der Waals surface area contributed by atoms with Gasteiger partial charge in [-0.2, -0.15) is 0 Å². The van der Waals surface area contributed by atoms with Crippen molar-refractivity contribution in [1.29, 1.82) is 0 Å². The number of aliphatic hydroxyl groups excluding tert-OH is 2. The topological polar surface area (TPSA) is 171 Å². The molecular weight excluding hydrogens is 518 g/mol. The van der Waals surface area contributed by atoms with Crippen molar-refractivity contribution >= 4 is 29.2 Å². The number of piperidine rings is 1. The Kier molecular flexibility index (Phi) is 7.22. The van der Waals surface area contributed by atoms with Crippen LogP contribution in [0.3, 0.4) is 0 Å². The summed E-state index contributed by atoms with van der Waals surface area (Å²) in [5.74, 6) is -6.19. The van der Waals surface area contributed by atoms with Crippen molar-refractivity contribution < 1.29 is 39.2 Å². The third-order valence-electron chi connectivity index (χ3n) is 9.06. The number of nitrogens with zero attached hydrogens (tertiary/aromatic N) is 2. The molecule has 2 fully saturated rings. The smallest absolute Gasteiger partial charge is 0.308 e. The fourth-order valence-electron chi connectivity index (χ4n) is 7.21. The van der Waals surface area contributed by atoms with Crippen molar-refractivity contribution in [1.82, 2.24) is 9.80 Å². The number of hydrogen-bond acceptors (Lipinski definition) is 10. The number of nitrogens with two attached hydrogens (primary N) is 1. The number of hydrogen-bond donors (Lipinski definition) is 4. The van der Waals surface area contributed by atoms with Gasteiger partial charge in [-0.05, 0) is 81.9 Å². The number of amides is 1. The average Bonchev–Trinajstić information content (AvgIpc) is 2.89. The van der Waals surface area contributed by atoms with E-state index < -0.39 is 52.6 Å². The first-order valence-corrected chi connectivity index (χ1v) is 13.5. The molecule has 40 heavy (non-hydrogen) atoms. The molecule has 5 rings (SSSR count). The molecule has 5 N–H and O–H groups in total. The summed E-state index contributed by atoms with van der Waals surface area (Å²) in [6, 6.07) is 2.52. The van der Waals surface area contributed by atoms with E-state index in [1.807, 2.05) is 6.07 Å². The lowest BCUT2D eigenvalue weighted by molar-refractivity contribution is -0.147. The Morgan fingerprint density at radius 1 is 1.10 bits per heavy atom. The highest BCUT2D eigenvalue weighted by Gasteiger charge is 2.55. The minimum absolute atomic E-state index is 0.0659. The second-order valence-electron chi connectivity index (χ2n) is 11.5. The number of rotatable bonds is 5. The average molecular weight is 554 g/mol. The lowest BCUT2D eigenvalue weighted by atomic mass is 9.59. The molecule has 0 spiro atoms. The molecule has 11 nitrogen and oxygen atoms in total. The molecule has 1 aliphatic heterocycles. The van der Waals surface area contributed by atoms with E-state index in [1.54, 1.807) is 19.0 Å². The van der Waals surface area contributed by atoms with Crippen LogP contribution in [0.2, 0.25) is 0 Å². The highest BCUT2D eigenvalue weighted by molar-refractivity contribution is 6.28. The van der Waals surface area contributed by atoms with E-state index in [0.717, 1.165) is 11.1 Å². The van der Waals surface area contributed by atoms with Crippen molar-refractivity contribution in [3.05, 3.63) is 45.7 Å². The summed E-state index contributed by atoms with van der Waals surface area (Å²) in [4.78, 5) is 55.0. The summed E-state index contributed by atoms with van der Waals surface area (Å²) in [6.07, 6.45) is 2.01. The first-order chi connectivity index (χ1) is 19.0. The molecule has 4 aliphatic rings. The van der Waals surface area contributed by atoms with Gasteiger partial charge >= 0.3 is 5.97 Å². The molecule has 3 aliphatic carbocycles. The van der Waals surface area contributed by atoms with Crippen LogP contribution in [0.4, 0.5) is 0 Å². The van der Waals surface area contributed by atoms with Crippen LogP contribution in [-0.2, 0) is 36.9 Å². The zero-order valence-corrected chi connectivity index (χ0v) is 22.8. The third-order valence-corrected chi connectivity index (χ3v) is 9.06. The number of phenolic OH excluding ortho intramolecular Hbond substituents is 1. The second kappa shape index (κ2) is 10.4. The van der Waals surface area contributed by atoms with Crippen LogP contribution in [0.15, 0.2) is 29.0 Å². The molecule has 1 saturated heterocycles. The van der Waals surface area contributed by atoms with Gasteiger partial charge in [0.05, 0.1) is 30.6 Å². The van der Waals surface area contributed by atoms with Crippen molar-refractivity contribution in [3.63, 3.8) is 0 Å². The number of aromatic hydroxyl groups is 1. The normalized spacial score (nSPS) is 27.4. The Morgan fingerprint density at radius 2 is 1.77 bits per heavy atom. The number of allylic oxidation sites excluding steroid dienone is 1. The van der Waals surface area contributed by atoms with Crippen LogP contribution < -0.4 is 5.73 Å². The third kappa shape index (κ3) is 4.37. The number of methoxy groups -OCH3 is 1. The number of carbonyl (C=O) groups is 4. The van der Waals surface area contributed by atoms with E-state index in [1.165, 1.54) is 13.2 Å². The van der Waals surface area contributed by atoms with Gasteiger partial charge in [-0.25, -0.2) is 0 Å².